The number of carbonyl (C=O) groups excluding carboxylic acids is 1. The van der Waals surface area contributed by atoms with Crippen LogP contribution in [0.5, 0.6) is 0 Å². The lowest BCUT2D eigenvalue weighted by Crippen LogP contribution is -2.40. The molecule has 0 aliphatic carbocycles. The number of carboxylic acid groups (broad SMARTS) is 1. The highest BCUT2D eigenvalue weighted by molar-refractivity contribution is 9.10. The maximum absolute atomic E-state index is 12.5. The van der Waals surface area contributed by atoms with E-state index in [0.29, 0.717) is 0 Å². The Morgan fingerprint density at radius 3 is 2.45 bits per heavy atom. The molecule has 1 aromatic carbocycles. The number of nitrogens with one attached hydrogen (secondary N) is 2. The molecular formula is C11H10BrF3N2O3. The fourth-order valence-corrected chi connectivity index (χ4v) is 1.56. The zero-order valence-electron chi connectivity index (χ0n) is 10.1. The van der Waals surface area contributed by atoms with Crippen molar-refractivity contribution in [2.24, 2.45) is 0 Å². The lowest BCUT2D eigenvalue weighted by molar-refractivity contribution is -0.139. The van der Waals surface area contributed by atoms with Crippen LogP contribution in [0.2, 0.25) is 0 Å². The summed E-state index contributed by atoms with van der Waals surface area (Å²) in [6.07, 6.45) is -4.54. The van der Waals surface area contributed by atoms with Crippen molar-refractivity contribution in [2.75, 3.05) is 5.32 Å². The van der Waals surface area contributed by atoms with E-state index in [1.807, 2.05) is 0 Å². The van der Waals surface area contributed by atoms with Crippen LogP contribution >= 0.6 is 15.9 Å². The van der Waals surface area contributed by atoms with Gasteiger partial charge in [-0.25, -0.2) is 4.79 Å². The minimum atomic E-state index is -4.54. The molecule has 9 heteroatoms. The van der Waals surface area contributed by atoms with Crippen LogP contribution in [0, 0.1) is 0 Å². The quantitative estimate of drug-likeness (QED) is 0.780. The molecular weight excluding hydrogens is 345 g/mol. The van der Waals surface area contributed by atoms with Crippen LogP contribution < -0.4 is 10.6 Å². The number of rotatable bonds is 3. The molecule has 2 amide bonds. The molecule has 0 aromatic heterocycles. The van der Waals surface area contributed by atoms with E-state index in [2.05, 4.69) is 26.6 Å². The van der Waals surface area contributed by atoms with Gasteiger partial charge in [-0.1, -0.05) is 0 Å². The molecule has 0 fully saturated rings. The monoisotopic (exact) mass is 354 g/mol. The molecule has 0 radical (unpaired) electrons. The van der Waals surface area contributed by atoms with Gasteiger partial charge in [0.15, 0.2) is 0 Å². The number of alkyl halides is 3. The summed E-state index contributed by atoms with van der Waals surface area (Å²) in [5, 5.41) is 12.8. The maximum atomic E-state index is 12.5. The molecule has 20 heavy (non-hydrogen) atoms. The molecule has 1 rings (SSSR count). The first-order valence-electron chi connectivity index (χ1n) is 5.28. The Bertz CT molecular complexity index is 534. The third-order valence-electron chi connectivity index (χ3n) is 2.26. The average Bonchev–Trinajstić information content (AvgIpc) is 2.30. The molecule has 0 unspecified atom stereocenters. The molecule has 5 nitrogen and oxygen atoms in total. The van der Waals surface area contributed by atoms with Gasteiger partial charge in [0.2, 0.25) is 0 Å². The third kappa shape index (κ3) is 4.41. The lowest BCUT2D eigenvalue weighted by atomic mass is 10.2. The highest BCUT2D eigenvalue weighted by atomic mass is 79.9. The summed E-state index contributed by atoms with van der Waals surface area (Å²) in [6, 6.07) is 0.654. The van der Waals surface area contributed by atoms with E-state index < -0.39 is 29.8 Å². The lowest BCUT2D eigenvalue weighted by Gasteiger charge is -2.14. The normalized spacial score (nSPS) is 12.7. The van der Waals surface area contributed by atoms with Gasteiger partial charge in [-0.2, -0.15) is 13.2 Å². The number of urea groups is 1. The Hall–Kier alpha value is -1.77. The molecule has 0 spiro atoms. The summed E-state index contributed by atoms with van der Waals surface area (Å²) in [4.78, 5) is 22.0. The summed E-state index contributed by atoms with van der Waals surface area (Å²) in [6.45, 7) is 1.23. The van der Waals surface area contributed by atoms with E-state index in [1.54, 1.807) is 0 Å². The van der Waals surface area contributed by atoms with Crippen molar-refractivity contribution in [3.05, 3.63) is 28.2 Å². The molecule has 0 heterocycles. The van der Waals surface area contributed by atoms with Crippen LogP contribution in [0.1, 0.15) is 12.5 Å². The number of aliphatic carboxylic acids is 1. The third-order valence-corrected chi connectivity index (χ3v) is 2.95. The molecule has 1 atom stereocenters. The number of hydrogen-bond acceptors (Lipinski definition) is 2. The van der Waals surface area contributed by atoms with Crippen LogP contribution in [0.25, 0.3) is 0 Å². The molecule has 110 valence electrons. The van der Waals surface area contributed by atoms with Crippen molar-refractivity contribution >= 4 is 33.6 Å². The largest absolute Gasteiger partial charge is 0.480 e. The SMILES string of the molecule is C[C@H](NC(=O)Nc1cc(C(F)(F)F)ccc1Br)C(=O)O. The number of halogens is 4. The highest BCUT2D eigenvalue weighted by Crippen LogP contribution is 2.33. The molecule has 0 saturated carbocycles. The van der Waals surface area contributed by atoms with E-state index in [9.17, 15) is 22.8 Å². The second kappa shape index (κ2) is 6.12. The van der Waals surface area contributed by atoms with Gasteiger partial charge in [0.25, 0.3) is 0 Å². The average molecular weight is 355 g/mol. The molecule has 1 aromatic rings. The summed E-state index contributed by atoms with van der Waals surface area (Å²) >= 11 is 2.99. The van der Waals surface area contributed by atoms with Gasteiger partial charge in [-0.15, -0.1) is 0 Å². The van der Waals surface area contributed by atoms with Gasteiger partial charge in [0, 0.05) is 4.47 Å². The van der Waals surface area contributed by atoms with Gasteiger partial charge in [0.05, 0.1) is 11.3 Å². The van der Waals surface area contributed by atoms with Crippen molar-refractivity contribution in [3.63, 3.8) is 0 Å². The predicted molar refractivity (Wildman–Crippen MR) is 68.4 cm³/mol. The van der Waals surface area contributed by atoms with Gasteiger partial charge >= 0.3 is 18.2 Å². The Morgan fingerprint density at radius 2 is 1.95 bits per heavy atom. The maximum Gasteiger partial charge on any atom is 0.416 e. The fourth-order valence-electron chi connectivity index (χ4n) is 1.21. The van der Waals surface area contributed by atoms with Crippen LogP contribution in [0.15, 0.2) is 22.7 Å². The minimum absolute atomic E-state index is 0.116. The second-order valence-corrected chi connectivity index (χ2v) is 4.71. The van der Waals surface area contributed by atoms with Crippen molar-refractivity contribution in [1.82, 2.24) is 5.32 Å². The van der Waals surface area contributed by atoms with Crippen LogP contribution in [0.4, 0.5) is 23.7 Å². The standard InChI is InChI=1S/C11H10BrF3N2O3/c1-5(9(18)19)16-10(20)17-8-4-6(11(13,14)15)2-3-7(8)12/h2-5H,1H3,(H,18,19)(H2,16,17,20)/t5-/m0/s1. The molecule has 0 aliphatic heterocycles. The highest BCUT2D eigenvalue weighted by Gasteiger charge is 2.31. The van der Waals surface area contributed by atoms with Crippen LogP contribution in [-0.2, 0) is 11.0 Å². The topological polar surface area (TPSA) is 78.4 Å². The second-order valence-electron chi connectivity index (χ2n) is 3.85. The summed E-state index contributed by atoms with van der Waals surface area (Å²) in [5.41, 5.74) is -1.04. The van der Waals surface area contributed by atoms with Gasteiger partial charge in [-0.3, -0.25) is 4.79 Å². The number of benzene rings is 1. The van der Waals surface area contributed by atoms with Crippen LogP contribution in [-0.4, -0.2) is 23.1 Å². The summed E-state index contributed by atoms with van der Waals surface area (Å²) in [7, 11) is 0. The molecule has 0 saturated heterocycles. The first kappa shape index (κ1) is 16.3. The zero-order valence-corrected chi connectivity index (χ0v) is 11.7. The van der Waals surface area contributed by atoms with E-state index in [0.717, 1.165) is 18.2 Å². The minimum Gasteiger partial charge on any atom is -0.480 e. The van der Waals surface area contributed by atoms with Crippen LogP contribution in [0.3, 0.4) is 0 Å². The van der Waals surface area contributed by atoms with Crippen molar-refractivity contribution < 1.29 is 27.9 Å². The van der Waals surface area contributed by atoms with Gasteiger partial charge < -0.3 is 15.7 Å². The van der Waals surface area contributed by atoms with Gasteiger partial charge in [-0.05, 0) is 41.1 Å². The Labute approximate surface area is 120 Å². The predicted octanol–water partition coefficient (Wildman–Crippen LogP) is 3.06. The number of carbonyl (C=O) groups is 2. The zero-order chi connectivity index (χ0) is 15.5. The van der Waals surface area contributed by atoms with E-state index >= 15 is 0 Å². The van der Waals surface area contributed by atoms with E-state index in [-0.39, 0.29) is 10.2 Å². The van der Waals surface area contributed by atoms with Crippen molar-refractivity contribution in [1.29, 1.82) is 0 Å². The van der Waals surface area contributed by atoms with E-state index in [4.69, 9.17) is 5.11 Å². The Morgan fingerprint density at radius 1 is 1.35 bits per heavy atom. The first-order chi connectivity index (χ1) is 9.11. The van der Waals surface area contributed by atoms with Crippen molar-refractivity contribution in [2.45, 2.75) is 19.1 Å². The van der Waals surface area contributed by atoms with Gasteiger partial charge in [0.1, 0.15) is 6.04 Å². The first-order valence-corrected chi connectivity index (χ1v) is 6.07. The Kier molecular flexibility index (Phi) is 4.98. The molecule has 0 aliphatic rings. The smallest absolute Gasteiger partial charge is 0.416 e. The number of amides is 2. The number of hydrogen-bond donors (Lipinski definition) is 3. The number of carboxylic acids is 1. The van der Waals surface area contributed by atoms with Crippen molar-refractivity contribution in [3.8, 4) is 0 Å². The van der Waals surface area contributed by atoms with E-state index in [1.165, 1.54) is 6.92 Å². The Balaban J connectivity index is 2.87. The summed E-state index contributed by atoms with van der Waals surface area (Å²) in [5.74, 6) is -1.26. The molecule has 3 N–H and O–H groups in total. The summed E-state index contributed by atoms with van der Waals surface area (Å²) < 4.78 is 37.8. The number of anilines is 1. The molecule has 0 bridgehead atoms. The fraction of sp³-hybridized carbons (Fsp3) is 0.273.